The van der Waals surface area contributed by atoms with Gasteiger partial charge in [-0.05, 0) is 25.1 Å². The molecule has 0 aromatic heterocycles. The minimum atomic E-state index is -4.93. The number of rotatable bonds is 3. The molecule has 0 aliphatic rings. The van der Waals surface area contributed by atoms with Crippen LogP contribution in [-0.2, 0) is 10.0 Å². The molecule has 1 aromatic carbocycles. The van der Waals surface area contributed by atoms with E-state index in [2.05, 4.69) is 4.74 Å². The van der Waals surface area contributed by atoms with Crippen LogP contribution in [0.5, 0.6) is 5.75 Å². The minimum Gasteiger partial charge on any atom is -0.406 e. The molecule has 0 amide bonds. The van der Waals surface area contributed by atoms with Gasteiger partial charge in [0.1, 0.15) is 5.75 Å². The third kappa shape index (κ3) is 3.70. The van der Waals surface area contributed by atoms with Crippen LogP contribution in [0, 0.1) is 0 Å². The number of benzene rings is 1. The fourth-order valence-corrected chi connectivity index (χ4v) is 2.00. The molecular weight excluding hydrogens is 275 g/mol. The molecule has 18 heavy (non-hydrogen) atoms. The summed E-state index contributed by atoms with van der Waals surface area (Å²) in [6.45, 7) is 1.00. The van der Waals surface area contributed by atoms with Gasteiger partial charge in [0, 0.05) is 5.56 Å². The van der Waals surface area contributed by atoms with E-state index in [-0.39, 0.29) is 0 Å². The van der Waals surface area contributed by atoms with E-state index in [0.29, 0.717) is 6.07 Å². The molecule has 9 heteroatoms. The first-order valence-electron chi connectivity index (χ1n) is 4.44. The number of sulfonamides is 1. The van der Waals surface area contributed by atoms with Crippen molar-refractivity contribution < 1.29 is 31.1 Å². The van der Waals surface area contributed by atoms with Gasteiger partial charge >= 0.3 is 6.36 Å². The Morgan fingerprint density at radius 3 is 2.28 bits per heavy atom. The van der Waals surface area contributed by atoms with Crippen LogP contribution in [-0.4, -0.2) is 20.6 Å². The van der Waals surface area contributed by atoms with Gasteiger partial charge in [-0.3, -0.25) is 4.79 Å². The van der Waals surface area contributed by atoms with Gasteiger partial charge in [0.25, 0.3) is 0 Å². The smallest absolute Gasteiger partial charge is 0.406 e. The van der Waals surface area contributed by atoms with Crippen molar-refractivity contribution in [3.05, 3.63) is 23.8 Å². The highest BCUT2D eigenvalue weighted by Crippen LogP contribution is 2.26. The Morgan fingerprint density at radius 1 is 1.33 bits per heavy atom. The van der Waals surface area contributed by atoms with Crippen molar-refractivity contribution in [3.63, 3.8) is 0 Å². The maximum atomic E-state index is 12.0. The summed E-state index contributed by atoms with van der Waals surface area (Å²) in [6, 6.07) is 2.22. The molecule has 0 saturated carbocycles. The third-order valence-corrected chi connectivity index (χ3v) is 2.84. The molecule has 5 nitrogen and oxygen atoms in total. The number of carbonyl (C=O) groups is 1. The van der Waals surface area contributed by atoms with E-state index in [0.717, 1.165) is 19.1 Å². The van der Waals surface area contributed by atoms with E-state index in [1.807, 2.05) is 0 Å². The normalized spacial score (nSPS) is 12.3. The second kappa shape index (κ2) is 4.58. The molecule has 0 saturated heterocycles. The van der Waals surface area contributed by atoms with Gasteiger partial charge in [0.15, 0.2) is 5.78 Å². The third-order valence-electron chi connectivity index (χ3n) is 1.87. The van der Waals surface area contributed by atoms with E-state index in [1.165, 1.54) is 0 Å². The van der Waals surface area contributed by atoms with Crippen LogP contribution < -0.4 is 9.88 Å². The molecule has 0 atom stereocenters. The van der Waals surface area contributed by atoms with Crippen molar-refractivity contribution in [2.24, 2.45) is 5.14 Å². The lowest BCUT2D eigenvalue weighted by molar-refractivity contribution is -0.274. The lowest BCUT2D eigenvalue weighted by Gasteiger charge is -2.11. The summed E-state index contributed by atoms with van der Waals surface area (Å²) >= 11 is 0. The van der Waals surface area contributed by atoms with Crippen LogP contribution in [0.2, 0.25) is 0 Å². The van der Waals surface area contributed by atoms with Gasteiger partial charge in [-0.15, -0.1) is 13.2 Å². The summed E-state index contributed by atoms with van der Waals surface area (Å²) in [5.74, 6) is -1.44. The highest BCUT2D eigenvalue weighted by atomic mass is 32.2. The zero-order chi connectivity index (χ0) is 14.1. The number of hydrogen-bond acceptors (Lipinski definition) is 4. The zero-order valence-corrected chi connectivity index (χ0v) is 9.80. The quantitative estimate of drug-likeness (QED) is 0.850. The molecule has 0 heterocycles. The number of Topliss-reactive ketones (excluding diaryl/α,β-unsaturated/α-hetero) is 1. The van der Waals surface area contributed by atoms with Crippen LogP contribution >= 0.6 is 0 Å². The molecule has 1 aromatic rings. The SMILES string of the molecule is CC(=O)c1cc(OC(F)(F)F)ccc1S(N)(=O)=O. The maximum Gasteiger partial charge on any atom is 0.573 e. The zero-order valence-electron chi connectivity index (χ0n) is 8.98. The number of carbonyl (C=O) groups excluding carboxylic acids is 1. The van der Waals surface area contributed by atoms with Gasteiger partial charge in [-0.25, -0.2) is 13.6 Å². The molecule has 0 radical (unpaired) electrons. The average molecular weight is 283 g/mol. The first-order chi connectivity index (χ1) is 8.00. The number of hydrogen-bond donors (Lipinski definition) is 1. The molecule has 1 rings (SSSR count). The summed E-state index contributed by atoms with van der Waals surface area (Å²) in [5, 5.41) is 4.83. The van der Waals surface area contributed by atoms with Gasteiger partial charge in [0.2, 0.25) is 10.0 Å². The summed E-state index contributed by atoms with van der Waals surface area (Å²) in [7, 11) is -4.20. The molecule has 0 spiro atoms. The second-order valence-electron chi connectivity index (χ2n) is 3.31. The lowest BCUT2D eigenvalue weighted by atomic mass is 10.1. The highest BCUT2D eigenvalue weighted by molar-refractivity contribution is 7.89. The van der Waals surface area contributed by atoms with Crippen molar-refractivity contribution >= 4 is 15.8 Å². The second-order valence-corrected chi connectivity index (χ2v) is 4.84. The monoisotopic (exact) mass is 283 g/mol. The first-order valence-corrected chi connectivity index (χ1v) is 5.99. The molecule has 0 bridgehead atoms. The van der Waals surface area contributed by atoms with Gasteiger partial charge in [-0.2, -0.15) is 0 Å². The van der Waals surface area contributed by atoms with Gasteiger partial charge < -0.3 is 4.74 Å². The first kappa shape index (κ1) is 14.5. The summed E-state index contributed by atoms with van der Waals surface area (Å²) in [6.07, 6.45) is -4.93. The molecule has 2 N–H and O–H groups in total. The molecular formula is C9H8F3NO4S. The summed E-state index contributed by atoms with van der Waals surface area (Å²) in [5.41, 5.74) is -0.459. The van der Waals surface area contributed by atoms with E-state index in [4.69, 9.17) is 5.14 Å². The topological polar surface area (TPSA) is 86.5 Å². The fraction of sp³-hybridized carbons (Fsp3) is 0.222. The Balaban J connectivity index is 3.33. The van der Waals surface area contributed by atoms with E-state index in [1.54, 1.807) is 0 Å². The molecule has 0 fully saturated rings. The molecule has 0 aliphatic heterocycles. The largest absolute Gasteiger partial charge is 0.573 e. The predicted octanol–water partition coefficient (Wildman–Crippen LogP) is 1.44. The standard InChI is InChI=1S/C9H8F3NO4S/c1-5(14)7-4-6(17-9(10,11)12)2-3-8(7)18(13,15)16/h2-4H,1H3,(H2,13,15,16). The molecule has 100 valence electrons. The van der Waals surface area contributed by atoms with Crippen molar-refractivity contribution in [1.29, 1.82) is 0 Å². The number of halogens is 3. The van der Waals surface area contributed by atoms with Crippen LogP contribution in [0.1, 0.15) is 17.3 Å². The Morgan fingerprint density at radius 2 is 1.89 bits per heavy atom. The fourth-order valence-electron chi connectivity index (χ4n) is 1.23. The Labute approximate surface area is 100 Å². The van der Waals surface area contributed by atoms with E-state index < -0.39 is 38.4 Å². The Kier molecular flexibility index (Phi) is 3.67. The van der Waals surface area contributed by atoms with E-state index in [9.17, 15) is 26.4 Å². The average Bonchev–Trinajstić information content (AvgIpc) is 2.12. The lowest BCUT2D eigenvalue weighted by Crippen LogP contribution is -2.19. The van der Waals surface area contributed by atoms with Crippen molar-refractivity contribution in [3.8, 4) is 5.75 Å². The van der Waals surface area contributed by atoms with Gasteiger partial charge in [-0.1, -0.05) is 0 Å². The van der Waals surface area contributed by atoms with Gasteiger partial charge in [0.05, 0.1) is 4.90 Å². The van der Waals surface area contributed by atoms with Crippen LogP contribution in [0.15, 0.2) is 23.1 Å². The number of ketones is 1. The van der Waals surface area contributed by atoms with Crippen LogP contribution in [0.3, 0.4) is 0 Å². The van der Waals surface area contributed by atoms with Crippen molar-refractivity contribution in [1.82, 2.24) is 0 Å². The predicted molar refractivity (Wildman–Crippen MR) is 54.5 cm³/mol. The number of alkyl halides is 3. The highest BCUT2D eigenvalue weighted by Gasteiger charge is 2.31. The Hall–Kier alpha value is -1.61. The van der Waals surface area contributed by atoms with Crippen LogP contribution in [0.25, 0.3) is 0 Å². The van der Waals surface area contributed by atoms with Crippen molar-refractivity contribution in [2.75, 3.05) is 0 Å². The number of primary sulfonamides is 1. The summed E-state index contributed by atoms with van der Waals surface area (Å²) < 4.78 is 61.7. The summed E-state index contributed by atoms with van der Waals surface area (Å²) in [4.78, 5) is 10.6. The number of ether oxygens (including phenoxy) is 1. The Bertz CT molecular complexity index is 580. The number of nitrogens with two attached hydrogens (primary N) is 1. The minimum absolute atomic E-state index is 0.459. The van der Waals surface area contributed by atoms with Crippen LogP contribution in [0.4, 0.5) is 13.2 Å². The molecule has 0 aliphatic carbocycles. The van der Waals surface area contributed by atoms with Crippen molar-refractivity contribution in [2.45, 2.75) is 18.2 Å². The maximum absolute atomic E-state index is 12.0. The van der Waals surface area contributed by atoms with E-state index >= 15 is 0 Å². The molecule has 0 unspecified atom stereocenters.